The van der Waals surface area contributed by atoms with Crippen molar-refractivity contribution in [3.05, 3.63) is 12.7 Å². The SMILES string of the molecule is CC(C)OC(O)CCC1COP(=O)(CO[C@H](C)Cn2cnc3c(N)ncnc32)OC1. The van der Waals surface area contributed by atoms with Crippen LogP contribution in [0.5, 0.6) is 0 Å². The second kappa shape index (κ2) is 10.1. The van der Waals surface area contributed by atoms with Crippen molar-refractivity contribution in [1.29, 1.82) is 0 Å². The fourth-order valence-corrected chi connectivity index (χ4v) is 4.64. The van der Waals surface area contributed by atoms with Gasteiger partial charge < -0.3 is 33.9 Å². The van der Waals surface area contributed by atoms with E-state index in [1.54, 1.807) is 10.9 Å². The van der Waals surface area contributed by atoms with Gasteiger partial charge in [-0.25, -0.2) is 15.0 Å². The number of hydrogen-bond donors (Lipinski definition) is 2. The number of aromatic nitrogens is 4. The van der Waals surface area contributed by atoms with E-state index in [9.17, 15) is 9.67 Å². The van der Waals surface area contributed by atoms with Gasteiger partial charge in [-0.3, -0.25) is 4.57 Å². The molecule has 2 aromatic rings. The number of aliphatic hydroxyl groups excluding tert-OH is 1. The van der Waals surface area contributed by atoms with Crippen molar-refractivity contribution in [2.45, 2.75) is 58.7 Å². The number of anilines is 1. The first kappa shape index (κ1) is 23.1. The number of hydrogen-bond acceptors (Lipinski definition) is 10. The van der Waals surface area contributed by atoms with Crippen LogP contribution in [0.2, 0.25) is 0 Å². The van der Waals surface area contributed by atoms with E-state index < -0.39 is 13.9 Å². The molecule has 3 N–H and O–H groups in total. The molecule has 0 aromatic carbocycles. The number of nitrogens with two attached hydrogens (primary N) is 1. The summed E-state index contributed by atoms with van der Waals surface area (Å²) >= 11 is 0. The van der Waals surface area contributed by atoms with E-state index in [-0.39, 0.29) is 24.5 Å². The third-order valence-electron chi connectivity index (χ3n) is 4.67. The van der Waals surface area contributed by atoms with Crippen LogP contribution in [0.25, 0.3) is 11.2 Å². The Kier molecular flexibility index (Phi) is 7.78. The molecule has 0 spiro atoms. The van der Waals surface area contributed by atoms with Gasteiger partial charge in [-0.1, -0.05) is 0 Å². The van der Waals surface area contributed by atoms with E-state index in [2.05, 4.69) is 15.0 Å². The van der Waals surface area contributed by atoms with Gasteiger partial charge in [-0.15, -0.1) is 0 Å². The Balaban J connectivity index is 1.42. The third kappa shape index (κ3) is 6.19. The highest BCUT2D eigenvalue weighted by molar-refractivity contribution is 7.53. The van der Waals surface area contributed by atoms with Gasteiger partial charge in [-0.05, 0) is 33.6 Å². The molecule has 0 radical (unpaired) electrons. The summed E-state index contributed by atoms with van der Waals surface area (Å²) in [5.41, 5.74) is 6.94. The van der Waals surface area contributed by atoms with Crippen molar-refractivity contribution in [3.63, 3.8) is 0 Å². The van der Waals surface area contributed by atoms with E-state index in [0.717, 1.165) is 0 Å². The van der Waals surface area contributed by atoms with Crippen LogP contribution >= 0.6 is 7.60 Å². The molecule has 0 aliphatic carbocycles. The molecule has 0 saturated carbocycles. The molecule has 1 saturated heterocycles. The number of imidazole rings is 1. The molecule has 3 rings (SSSR count). The molecule has 0 amide bonds. The number of nitrogens with zero attached hydrogens (tertiary/aromatic N) is 4. The lowest BCUT2D eigenvalue weighted by Crippen LogP contribution is -2.26. The van der Waals surface area contributed by atoms with Crippen molar-refractivity contribution in [1.82, 2.24) is 19.5 Å². The molecule has 2 aromatic heterocycles. The lowest BCUT2D eigenvalue weighted by molar-refractivity contribution is -0.131. The zero-order valence-corrected chi connectivity index (χ0v) is 18.4. The van der Waals surface area contributed by atoms with Crippen LogP contribution in [-0.4, -0.2) is 62.7 Å². The van der Waals surface area contributed by atoms with Gasteiger partial charge in [0.1, 0.15) is 18.2 Å². The number of aliphatic hydroxyl groups is 1. The summed E-state index contributed by atoms with van der Waals surface area (Å²) in [5, 5.41) is 9.79. The molecule has 11 nitrogen and oxygen atoms in total. The fraction of sp³-hybridized carbons (Fsp3) is 0.722. The second-order valence-electron chi connectivity index (χ2n) is 7.72. The van der Waals surface area contributed by atoms with Crippen LogP contribution in [-0.2, 0) is 29.6 Å². The molecule has 1 aliphatic heterocycles. The Hall–Kier alpha value is -1.62. The predicted molar refractivity (Wildman–Crippen MR) is 110 cm³/mol. The van der Waals surface area contributed by atoms with E-state index in [1.807, 2.05) is 20.8 Å². The minimum atomic E-state index is -3.31. The van der Waals surface area contributed by atoms with Crippen LogP contribution in [0, 0.1) is 5.92 Å². The second-order valence-corrected chi connectivity index (χ2v) is 9.72. The van der Waals surface area contributed by atoms with Crippen LogP contribution in [0.1, 0.15) is 33.6 Å². The molecular weight excluding hydrogens is 413 g/mol. The highest BCUT2D eigenvalue weighted by Gasteiger charge is 2.33. The quantitative estimate of drug-likeness (QED) is 0.414. The Labute approximate surface area is 175 Å². The van der Waals surface area contributed by atoms with Crippen molar-refractivity contribution in [2.24, 2.45) is 5.92 Å². The molecule has 0 bridgehead atoms. The van der Waals surface area contributed by atoms with E-state index in [1.165, 1.54) is 6.33 Å². The summed E-state index contributed by atoms with van der Waals surface area (Å²) in [7, 11) is -3.31. The maximum absolute atomic E-state index is 12.7. The molecule has 168 valence electrons. The first-order chi connectivity index (χ1) is 14.3. The largest absolute Gasteiger partial charge is 0.382 e. The Morgan fingerprint density at radius 3 is 2.73 bits per heavy atom. The van der Waals surface area contributed by atoms with Gasteiger partial charge in [0, 0.05) is 5.92 Å². The average molecular weight is 443 g/mol. The summed E-state index contributed by atoms with van der Waals surface area (Å²) < 4.78 is 36.5. The predicted octanol–water partition coefficient (Wildman–Crippen LogP) is 2.15. The summed E-state index contributed by atoms with van der Waals surface area (Å²) in [6, 6.07) is 0. The molecule has 12 heteroatoms. The zero-order chi connectivity index (χ0) is 21.7. The monoisotopic (exact) mass is 443 g/mol. The lowest BCUT2D eigenvalue weighted by Gasteiger charge is -2.30. The minimum Gasteiger partial charge on any atom is -0.382 e. The topological polar surface area (TPSA) is 144 Å². The maximum atomic E-state index is 12.7. The van der Waals surface area contributed by atoms with E-state index in [4.69, 9.17) is 24.3 Å². The minimum absolute atomic E-state index is 0.0386. The zero-order valence-electron chi connectivity index (χ0n) is 17.5. The number of rotatable bonds is 10. The third-order valence-corrected chi connectivity index (χ3v) is 6.22. The molecule has 2 atom stereocenters. The number of fused-ring (bicyclic) bond motifs is 1. The standard InChI is InChI=1S/C18H30N5O6P/c1-12(2)29-15(24)5-4-14-7-27-30(25,28-8-14)11-26-13(3)6-23-10-22-16-17(19)20-9-21-18(16)23/h9-10,12-15,24H,4-8,11H2,1-3H3,(H2,19,20,21)/t13-,14?,15?,30?/m1/s1. The normalized spacial score (nSPS) is 24.4. The lowest BCUT2D eigenvalue weighted by atomic mass is 10.1. The van der Waals surface area contributed by atoms with Crippen molar-refractivity contribution in [3.8, 4) is 0 Å². The Morgan fingerprint density at radius 1 is 1.30 bits per heavy atom. The summed E-state index contributed by atoms with van der Waals surface area (Å²) in [6.07, 6.45) is 2.86. The summed E-state index contributed by atoms with van der Waals surface area (Å²) in [4.78, 5) is 12.3. The number of nitrogen functional groups attached to an aromatic ring is 1. The Morgan fingerprint density at radius 2 is 2.03 bits per heavy atom. The van der Waals surface area contributed by atoms with Crippen molar-refractivity contribution < 1.29 is 28.2 Å². The smallest absolute Gasteiger partial charge is 0.356 e. The first-order valence-corrected chi connectivity index (χ1v) is 11.7. The van der Waals surface area contributed by atoms with Crippen molar-refractivity contribution >= 4 is 24.6 Å². The molecule has 1 unspecified atom stereocenters. The van der Waals surface area contributed by atoms with Gasteiger partial charge in [-0.2, -0.15) is 0 Å². The van der Waals surface area contributed by atoms with Gasteiger partial charge in [0.25, 0.3) is 0 Å². The molecule has 3 heterocycles. The van der Waals surface area contributed by atoms with Crippen LogP contribution in [0.3, 0.4) is 0 Å². The molecular formula is C18H30N5O6P. The van der Waals surface area contributed by atoms with Gasteiger partial charge in [0.2, 0.25) is 0 Å². The number of ether oxygens (including phenoxy) is 2. The molecule has 30 heavy (non-hydrogen) atoms. The highest BCUT2D eigenvalue weighted by Crippen LogP contribution is 2.52. The van der Waals surface area contributed by atoms with Gasteiger partial charge in [0.05, 0.1) is 38.3 Å². The van der Waals surface area contributed by atoms with E-state index in [0.29, 0.717) is 49.6 Å². The first-order valence-electron chi connectivity index (χ1n) is 10.0. The van der Waals surface area contributed by atoms with Crippen LogP contribution in [0.4, 0.5) is 5.82 Å². The van der Waals surface area contributed by atoms with Crippen LogP contribution in [0.15, 0.2) is 12.7 Å². The van der Waals surface area contributed by atoms with Crippen LogP contribution < -0.4 is 5.73 Å². The van der Waals surface area contributed by atoms with Crippen molar-refractivity contribution in [2.75, 3.05) is 25.3 Å². The van der Waals surface area contributed by atoms with E-state index >= 15 is 0 Å². The molecule has 1 aliphatic rings. The maximum Gasteiger partial charge on any atom is 0.356 e. The summed E-state index contributed by atoms with van der Waals surface area (Å²) in [5.74, 6) is 0.371. The Bertz CT molecular complexity index is 866. The van der Waals surface area contributed by atoms with Gasteiger partial charge >= 0.3 is 7.60 Å². The summed E-state index contributed by atoms with van der Waals surface area (Å²) in [6.45, 7) is 6.63. The average Bonchev–Trinajstić information content (AvgIpc) is 3.10. The highest BCUT2D eigenvalue weighted by atomic mass is 31.2. The van der Waals surface area contributed by atoms with Gasteiger partial charge in [0.15, 0.2) is 17.8 Å². The fourth-order valence-electron chi connectivity index (χ4n) is 3.11. The molecule has 1 fully saturated rings.